The Morgan fingerprint density at radius 1 is 0.289 bits per heavy atom. The number of hydrogen-bond donors (Lipinski definition) is 3. The van der Waals surface area contributed by atoms with E-state index in [9.17, 15) is 43.2 Å². The molecule has 97 heavy (non-hydrogen) atoms. The van der Waals surface area contributed by atoms with Crippen molar-refractivity contribution in [3.05, 3.63) is 0 Å². The van der Waals surface area contributed by atoms with Crippen molar-refractivity contribution in [3.8, 4) is 0 Å². The molecule has 576 valence electrons. The van der Waals surface area contributed by atoms with E-state index in [4.69, 9.17) is 37.0 Å². The molecule has 0 aliphatic heterocycles. The lowest BCUT2D eigenvalue weighted by atomic mass is 9.99. The van der Waals surface area contributed by atoms with Gasteiger partial charge in [-0.15, -0.1) is 0 Å². The summed E-state index contributed by atoms with van der Waals surface area (Å²) in [5.74, 6) is -0.464. The van der Waals surface area contributed by atoms with Gasteiger partial charge in [-0.3, -0.25) is 37.3 Å². The molecule has 0 aliphatic carbocycles. The summed E-state index contributed by atoms with van der Waals surface area (Å²) in [6, 6.07) is 0. The molecule has 0 aromatic heterocycles. The summed E-state index contributed by atoms with van der Waals surface area (Å²) in [5, 5.41) is 10.6. The van der Waals surface area contributed by atoms with Crippen molar-refractivity contribution in [2.45, 2.75) is 426 Å². The van der Waals surface area contributed by atoms with Gasteiger partial charge in [0.25, 0.3) is 0 Å². The molecule has 0 heterocycles. The highest BCUT2D eigenvalue weighted by Gasteiger charge is 2.30. The first-order valence-corrected chi connectivity index (χ1v) is 43.6. The van der Waals surface area contributed by atoms with Crippen molar-refractivity contribution in [1.82, 2.24) is 0 Å². The molecule has 4 unspecified atom stereocenters. The summed E-state index contributed by atoms with van der Waals surface area (Å²) in [4.78, 5) is 72.8. The average Bonchev–Trinajstić information content (AvgIpc) is 1.09. The van der Waals surface area contributed by atoms with E-state index in [1.165, 1.54) is 225 Å². The average molecular weight is 1420 g/mol. The van der Waals surface area contributed by atoms with E-state index in [1.807, 2.05) is 0 Å². The minimum Gasteiger partial charge on any atom is -0.462 e. The summed E-state index contributed by atoms with van der Waals surface area (Å²) >= 11 is 0. The Hall–Kier alpha value is -1.94. The van der Waals surface area contributed by atoms with Crippen LogP contribution in [0.1, 0.15) is 408 Å². The Bertz CT molecular complexity index is 1880. The van der Waals surface area contributed by atoms with E-state index in [0.717, 1.165) is 102 Å². The molecule has 0 spiro atoms. The zero-order valence-electron chi connectivity index (χ0n) is 63.4. The molecule has 0 saturated carbocycles. The SMILES string of the molecule is CCCCCCCCCCCCCCC(=O)O[C@H](COC(=O)CCCCCCCCCCCCC)COP(=O)(O)OC[C@H](O)COP(=O)(O)OC[C@@H](COC(=O)CCCCCCCCCCC(C)CC)OC(=O)CCCCCCCCCCCCCCCCCCCCC(C)CC. The fourth-order valence-electron chi connectivity index (χ4n) is 11.9. The Morgan fingerprint density at radius 2 is 0.495 bits per heavy atom. The lowest BCUT2D eigenvalue weighted by Gasteiger charge is -2.21. The second-order valence-electron chi connectivity index (χ2n) is 28.6. The van der Waals surface area contributed by atoms with Gasteiger partial charge in [0.15, 0.2) is 12.2 Å². The maximum absolute atomic E-state index is 13.1. The summed E-state index contributed by atoms with van der Waals surface area (Å²) < 4.78 is 68.6. The zero-order chi connectivity index (χ0) is 71.4. The predicted molar refractivity (Wildman–Crippen MR) is 395 cm³/mol. The molecule has 0 saturated heterocycles. The molecule has 0 rings (SSSR count). The number of carbonyl (C=O) groups is 4. The summed E-state index contributed by atoms with van der Waals surface area (Å²) in [5.41, 5.74) is 0. The molecule has 19 heteroatoms. The van der Waals surface area contributed by atoms with Crippen LogP contribution < -0.4 is 0 Å². The van der Waals surface area contributed by atoms with Gasteiger partial charge in [-0.2, -0.15) is 0 Å². The summed E-state index contributed by atoms with van der Waals surface area (Å²) in [7, 11) is -9.91. The van der Waals surface area contributed by atoms with Crippen molar-refractivity contribution >= 4 is 39.5 Å². The van der Waals surface area contributed by atoms with Crippen LogP contribution in [-0.4, -0.2) is 96.7 Å². The highest BCUT2D eigenvalue weighted by molar-refractivity contribution is 7.47. The lowest BCUT2D eigenvalue weighted by Crippen LogP contribution is -2.30. The van der Waals surface area contributed by atoms with Crippen LogP contribution in [0.15, 0.2) is 0 Å². The van der Waals surface area contributed by atoms with E-state index in [0.29, 0.717) is 25.7 Å². The van der Waals surface area contributed by atoms with Crippen molar-refractivity contribution in [1.29, 1.82) is 0 Å². The quantitative estimate of drug-likeness (QED) is 0.0222. The van der Waals surface area contributed by atoms with Crippen LogP contribution in [-0.2, 0) is 65.4 Å². The molecule has 0 fully saturated rings. The first-order chi connectivity index (χ1) is 46.9. The third kappa shape index (κ3) is 69.5. The van der Waals surface area contributed by atoms with Gasteiger partial charge in [0.1, 0.15) is 19.3 Å². The Morgan fingerprint density at radius 3 is 0.732 bits per heavy atom. The number of carbonyl (C=O) groups excluding carboxylic acids is 4. The van der Waals surface area contributed by atoms with Crippen molar-refractivity contribution < 1.29 is 80.2 Å². The second kappa shape index (κ2) is 69.8. The Kier molecular flexibility index (Phi) is 68.4. The second-order valence-corrected chi connectivity index (χ2v) is 31.5. The molecule has 7 atom stereocenters. The van der Waals surface area contributed by atoms with Gasteiger partial charge in [-0.05, 0) is 37.5 Å². The smallest absolute Gasteiger partial charge is 0.462 e. The van der Waals surface area contributed by atoms with E-state index >= 15 is 0 Å². The first kappa shape index (κ1) is 95.1. The number of ether oxygens (including phenoxy) is 4. The third-order valence-electron chi connectivity index (χ3n) is 18.9. The van der Waals surface area contributed by atoms with Gasteiger partial charge in [-0.1, -0.05) is 356 Å². The highest BCUT2D eigenvalue weighted by Crippen LogP contribution is 2.45. The van der Waals surface area contributed by atoms with Gasteiger partial charge in [0.05, 0.1) is 26.4 Å². The van der Waals surface area contributed by atoms with Crippen LogP contribution in [0.5, 0.6) is 0 Å². The zero-order valence-corrected chi connectivity index (χ0v) is 65.2. The Labute approximate surface area is 594 Å². The molecule has 0 radical (unpaired) electrons. The minimum absolute atomic E-state index is 0.108. The maximum atomic E-state index is 13.1. The van der Waals surface area contributed by atoms with E-state index in [-0.39, 0.29) is 25.7 Å². The number of unbranched alkanes of at least 4 members (excludes halogenated alkanes) is 45. The number of aliphatic hydroxyl groups excluding tert-OH is 1. The van der Waals surface area contributed by atoms with Gasteiger partial charge in [-0.25, -0.2) is 9.13 Å². The normalized spacial score (nSPS) is 14.5. The molecular weight excluding hydrogens is 1270 g/mol. The van der Waals surface area contributed by atoms with E-state index in [1.54, 1.807) is 0 Å². The molecule has 0 aromatic carbocycles. The maximum Gasteiger partial charge on any atom is 0.472 e. The van der Waals surface area contributed by atoms with E-state index < -0.39 is 97.5 Å². The molecule has 0 aliphatic rings. The lowest BCUT2D eigenvalue weighted by molar-refractivity contribution is -0.161. The molecular formula is C78H152O17P2. The highest BCUT2D eigenvalue weighted by atomic mass is 31.2. The number of aliphatic hydroxyl groups is 1. The fraction of sp³-hybridized carbons (Fsp3) is 0.949. The molecule has 0 aromatic rings. The number of phosphoric ester groups is 2. The van der Waals surface area contributed by atoms with Crippen LogP contribution in [0.25, 0.3) is 0 Å². The Balaban J connectivity index is 5.19. The third-order valence-corrected chi connectivity index (χ3v) is 20.8. The van der Waals surface area contributed by atoms with Crippen LogP contribution in [0, 0.1) is 11.8 Å². The minimum atomic E-state index is -4.96. The van der Waals surface area contributed by atoms with Gasteiger partial charge < -0.3 is 33.8 Å². The van der Waals surface area contributed by atoms with Gasteiger partial charge >= 0.3 is 39.5 Å². The first-order valence-electron chi connectivity index (χ1n) is 40.6. The van der Waals surface area contributed by atoms with E-state index in [2.05, 4.69) is 41.5 Å². The van der Waals surface area contributed by atoms with Crippen LogP contribution in [0.3, 0.4) is 0 Å². The van der Waals surface area contributed by atoms with Gasteiger partial charge in [0.2, 0.25) is 0 Å². The molecule has 17 nitrogen and oxygen atoms in total. The predicted octanol–water partition coefficient (Wildman–Crippen LogP) is 23.1. The van der Waals surface area contributed by atoms with Crippen molar-refractivity contribution in [3.63, 3.8) is 0 Å². The standard InChI is InChI=1S/C78H152O17P2/c1-7-11-13-15-17-19-21-32-36-44-50-56-62-77(82)94-73(66-88-75(80)60-54-48-42-35-30-20-18-16-14-12-8-2)68-92-96(84,85)90-64-72(79)65-91-97(86,87)93-69-74(67-89-76(81)61-55-49-43-39-38-41-47-53-59-71(6)10-4)95-78(83)63-57-51-45-37-33-29-27-25-23-22-24-26-28-31-34-40-46-52-58-70(5)9-3/h70-74,79H,7-69H2,1-6H3,(H,84,85)(H,86,87)/t70?,71?,72-,73+,74+/m0/s1. The van der Waals surface area contributed by atoms with Crippen LogP contribution >= 0.6 is 15.6 Å². The summed E-state index contributed by atoms with van der Waals surface area (Å²) in [6.45, 7) is 9.67. The molecule has 0 amide bonds. The van der Waals surface area contributed by atoms with Crippen molar-refractivity contribution in [2.24, 2.45) is 11.8 Å². The number of phosphoric acid groups is 2. The molecule has 0 bridgehead atoms. The van der Waals surface area contributed by atoms with Crippen molar-refractivity contribution in [2.75, 3.05) is 39.6 Å². The van der Waals surface area contributed by atoms with Gasteiger partial charge in [0, 0.05) is 25.7 Å². The van der Waals surface area contributed by atoms with Crippen LogP contribution in [0.4, 0.5) is 0 Å². The number of esters is 4. The topological polar surface area (TPSA) is 237 Å². The monoisotopic (exact) mass is 1420 g/mol. The van der Waals surface area contributed by atoms with Crippen LogP contribution in [0.2, 0.25) is 0 Å². The number of hydrogen-bond acceptors (Lipinski definition) is 15. The molecule has 3 N–H and O–H groups in total. The fourth-order valence-corrected chi connectivity index (χ4v) is 13.5. The number of rotatable bonds is 77. The largest absolute Gasteiger partial charge is 0.472 e. The summed E-state index contributed by atoms with van der Waals surface area (Å²) in [6.07, 6.45) is 58.1.